The molecule has 0 spiro atoms. The number of fused-ring (bicyclic) bond motifs is 1. The molecule has 23 heavy (non-hydrogen) atoms. The first kappa shape index (κ1) is 15.5. The van der Waals surface area contributed by atoms with E-state index in [1.807, 2.05) is 0 Å². The molecule has 1 aromatic carbocycles. The first-order valence-electron chi connectivity index (χ1n) is 8.17. The van der Waals surface area contributed by atoms with Crippen LogP contribution >= 0.6 is 0 Å². The lowest BCUT2D eigenvalue weighted by atomic mass is 10.1. The SMILES string of the molecule is CN=C(NCc1ccc(C)cc1)NCc1nnc2n1CCCC2. The van der Waals surface area contributed by atoms with Crippen LogP contribution in [0.15, 0.2) is 29.3 Å². The highest BCUT2D eigenvalue weighted by atomic mass is 15.3. The number of aryl methyl sites for hydroxylation is 2. The largest absolute Gasteiger partial charge is 0.352 e. The number of hydrogen-bond donors (Lipinski definition) is 2. The molecular formula is C17H24N6. The molecule has 0 atom stereocenters. The first-order chi connectivity index (χ1) is 11.3. The number of guanidine groups is 1. The maximum atomic E-state index is 4.30. The van der Waals surface area contributed by atoms with Crippen LogP contribution in [0.5, 0.6) is 0 Å². The Morgan fingerprint density at radius 2 is 1.91 bits per heavy atom. The van der Waals surface area contributed by atoms with Gasteiger partial charge in [-0.2, -0.15) is 0 Å². The second kappa shape index (κ2) is 7.26. The highest BCUT2D eigenvalue weighted by Gasteiger charge is 2.15. The Hall–Kier alpha value is -2.37. The maximum Gasteiger partial charge on any atom is 0.191 e. The van der Waals surface area contributed by atoms with Crippen molar-refractivity contribution >= 4 is 5.96 Å². The van der Waals surface area contributed by atoms with Gasteiger partial charge in [0, 0.05) is 26.6 Å². The molecule has 2 N–H and O–H groups in total. The topological polar surface area (TPSA) is 67.1 Å². The second-order valence-corrected chi connectivity index (χ2v) is 5.91. The summed E-state index contributed by atoms with van der Waals surface area (Å²) in [5, 5.41) is 15.2. The third-order valence-corrected chi connectivity index (χ3v) is 4.15. The Morgan fingerprint density at radius 3 is 2.70 bits per heavy atom. The maximum absolute atomic E-state index is 4.30. The number of nitrogens with one attached hydrogen (secondary N) is 2. The molecule has 0 saturated carbocycles. The van der Waals surface area contributed by atoms with E-state index in [0.29, 0.717) is 6.54 Å². The summed E-state index contributed by atoms with van der Waals surface area (Å²) in [4.78, 5) is 4.27. The van der Waals surface area contributed by atoms with Crippen molar-refractivity contribution in [1.82, 2.24) is 25.4 Å². The van der Waals surface area contributed by atoms with Crippen molar-refractivity contribution in [3.05, 3.63) is 47.0 Å². The van der Waals surface area contributed by atoms with E-state index < -0.39 is 0 Å². The predicted molar refractivity (Wildman–Crippen MR) is 91.2 cm³/mol. The van der Waals surface area contributed by atoms with Gasteiger partial charge in [-0.25, -0.2) is 0 Å². The van der Waals surface area contributed by atoms with E-state index in [2.05, 4.69) is 61.6 Å². The molecule has 0 saturated heterocycles. The van der Waals surface area contributed by atoms with Crippen molar-refractivity contribution in [1.29, 1.82) is 0 Å². The third kappa shape index (κ3) is 3.88. The van der Waals surface area contributed by atoms with Crippen molar-refractivity contribution in [2.45, 2.75) is 45.8 Å². The van der Waals surface area contributed by atoms with Crippen LogP contribution in [-0.2, 0) is 26.1 Å². The van der Waals surface area contributed by atoms with Gasteiger partial charge < -0.3 is 15.2 Å². The minimum Gasteiger partial charge on any atom is -0.352 e. The van der Waals surface area contributed by atoms with Gasteiger partial charge in [-0.05, 0) is 25.3 Å². The molecule has 0 radical (unpaired) electrons. The van der Waals surface area contributed by atoms with Gasteiger partial charge in [-0.3, -0.25) is 4.99 Å². The molecule has 3 rings (SSSR count). The van der Waals surface area contributed by atoms with Crippen LogP contribution in [0.3, 0.4) is 0 Å². The lowest BCUT2D eigenvalue weighted by Crippen LogP contribution is -2.37. The van der Waals surface area contributed by atoms with Crippen molar-refractivity contribution in [3.63, 3.8) is 0 Å². The Labute approximate surface area is 137 Å². The Balaban J connectivity index is 1.54. The number of rotatable bonds is 4. The molecule has 0 fully saturated rings. The Morgan fingerprint density at radius 1 is 1.13 bits per heavy atom. The molecule has 122 valence electrons. The highest BCUT2D eigenvalue weighted by Crippen LogP contribution is 2.13. The standard InChI is InChI=1S/C17H24N6/c1-13-6-8-14(9-7-13)11-19-17(18-2)20-12-16-22-21-15-5-3-4-10-23(15)16/h6-9H,3-5,10-12H2,1-2H3,(H2,18,19,20). The van der Waals surface area contributed by atoms with Gasteiger partial charge in [0.05, 0.1) is 6.54 Å². The summed E-state index contributed by atoms with van der Waals surface area (Å²) in [5.74, 6) is 2.87. The van der Waals surface area contributed by atoms with Crippen LogP contribution < -0.4 is 10.6 Å². The summed E-state index contributed by atoms with van der Waals surface area (Å²) in [5.41, 5.74) is 2.51. The minimum atomic E-state index is 0.639. The second-order valence-electron chi connectivity index (χ2n) is 5.91. The number of nitrogens with zero attached hydrogens (tertiary/aromatic N) is 4. The van der Waals surface area contributed by atoms with Gasteiger partial charge in [-0.15, -0.1) is 10.2 Å². The van der Waals surface area contributed by atoms with Crippen LogP contribution in [0, 0.1) is 6.92 Å². The van der Waals surface area contributed by atoms with Crippen LogP contribution in [-0.4, -0.2) is 27.8 Å². The Bertz CT molecular complexity index is 671. The van der Waals surface area contributed by atoms with E-state index in [1.54, 1.807) is 7.05 Å². The van der Waals surface area contributed by atoms with Gasteiger partial charge in [0.15, 0.2) is 11.8 Å². The van der Waals surface area contributed by atoms with E-state index in [1.165, 1.54) is 24.0 Å². The number of hydrogen-bond acceptors (Lipinski definition) is 3. The van der Waals surface area contributed by atoms with Crippen molar-refractivity contribution in [3.8, 4) is 0 Å². The summed E-state index contributed by atoms with van der Waals surface area (Å²) in [6.07, 6.45) is 3.46. The van der Waals surface area contributed by atoms with Crippen molar-refractivity contribution in [2.75, 3.05) is 7.05 Å². The molecule has 0 bridgehead atoms. The average molecular weight is 312 g/mol. The van der Waals surface area contributed by atoms with Gasteiger partial charge >= 0.3 is 0 Å². The summed E-state index contributed by atoms with van der Waals surface area (Å²) < 4.78 is 2.23. The predicted octanol–water partition coefficient (Wildman–Crippen LogP) is 1.79. The zero-order valence-electron chi connectivity index (χ0n) is 13.8. The van der Waals surface area contributed by atoms with Crippen molar-refractivity contribution in [2.24, 2.45) is 4.99 Å². The lowest BCUT2D eigenvalue weighted by Gasteiger charge is -2.16. The van der Waals surface area contributed by atoms with E-state index in [-0.39, 0.29) is 0 Å². The van der Waals surface area contributed by atoms with Crippen LogP contribution in [0.4, 0.5) is 0 Å². The molecule has 0 unspecified atom stereocenters. The first-order valence-corrected chi connectivity index (χ1v) is 8.17. The smallest absolute Gasteiger partial charge is 0.191 e. The number of benzene rings is 1. The van der Waals surface area contributed by atoms with E-state index in [9.17, 15) is 0 Å². The fourth-order valence-electron chi connectivity index (χ4n) is 2.77. The Kier molecular flexibility index (Phi) is 4.90. The molecule has 1 aromatic heterocycles. The number of aromatic nitrogens is 3. The molecule has 2 heterocycles. The van der Waals surface area contributed by atoms with E-state index in [4.69, 9.17) is 0 Å². The summed E-state index contributed by atoms with van der Waals surface area (Å²) in [6.45, 7) is 4.50. The summed E-state index contributed by atoms with van der Waals surface area (Å²) in [7, 11) is 1.78. The minimum absolute atomic E-state index is 0.639. The molecule has 6 heteroatoms. The fraction of sp³-hybridized carbons (Fsp3) is 0.471. The summed E-state index contributed by atoms with van der Waals surface area (Å²) in [6, 6.07) is 8.50. The van der Waals surface area contributed by atoms with Crippen LogP contribution in [0.25, 0.3) is 0 Å². The monoisotopic (exact) mass is 312 g/mol. The van der Waals surface area contributed by atoms with Gasteiger partial charge in [0.25, 0.3) is 0 Å². The normalized spacial score (nSPS) is 14.4. The van der Waals surface area contributed by atoms with Gasteiger partial charge in [0.2, 0.25) is 0 Å². The number of aliphatic imine (C=N–C) groups is 1. The van der Waals surface area contributed by atoms with Crippen molar-refractivity contribution < 1.29 is 0 Å². The highest BCUT2D eigenvalue weighted by molar-refractivity contribution is 5.79. The van der Waals surface area contributed by atoms with E-state index >= 15 is 0 Å². The molecule has 2 aromatic rings. The molecule has 0 aliphatic carbocycles. The molecule has 0 amide bonds. The van der Waals surface area contributed by atoms with Gasteiger partial charge in [-0.1, -0.05) is 29.8 Å². The van der Waals surface area contributed by atoms with Gasteiger partial charge in [0.1, 0.15) is 5.82 Å². The van der Waals surface area contributed by atoms with Crippen LogP contribution in [0.2, 0.25) is 0 Å². The summed E-state index contributed by atoms with van der Waals surface area (Å²) >= 11 is 0. The average Bonchev–Trinajstić information content (AvgIpc) is 3.00. The molecule has 1 aliphatic heterocycles. The third-order valence-electron chi connectivity index (χ3n) is 4.15. The zero-order chi connectivity index (χ0) is 16.1. The lowest BCUT2D eigenvalue weighted by molar-refractivity contribution is 0.504. The quantitative estimate of drug-likeness (QED) is 0.667. The van der Waals surface area contributed by atoms with Crippen LogP contribution in [0.1, 0.15) is 35.6 Å². The zero-order valence-corrected chi connectivity index (χ0v) is 13.8. The van der Waals surface area contributed by atoms with E-state index in [0.717, 1.165) is 37.1 Å². The molecule has 1 aliphatic rings. The fourth-order valence-corrected chi connectivity index (χ4v) is 2.77. The molecular weight excluding hydrogens is 288 g/mol. The molecule has 6 nitrogen and oxygen atoms in total.